The molecule has 1 aliphatic heterocycles. The SMILES string of the molecule is CCC1CCCC(C2CCNC2)CC1. The topological polar surface area (TPSA) is 12.0 Å². The van der Waals surface area contributed by atoms with Crippen LogP contribution in [0.2, 0.25) is 0 Å². The van der Waals surface area contributed by atoms with Gasteiger partial charge in [0, 0.05) is 0 Å². The van der Waals surface area contributed by atoms with Crippen LogP contribution in [0.15, 0.2) is 0 Å². The summed E-state index contributed by atoms with van der Waals surface area (Å²) in [6, 6.07) is 0. The summed E-state index contributed by atoms with van der Waals surface area (Å²) in [6.07, 6.45) is 10.4. The summed E-state index contributed by atoms with van der Waals surface area (Å²) in [4.78, 5) is 0. The maximum absolute atomic E-state index is 3.52. The summed E-state index contributed by atoms with van der Waals surface area (Å²) < 4.78 is 0. The summed E-state index contributed by atoms with van der Waals surface area (Å²) in [5.41, 5.74) is 0. The van der Waals surface area contributed by atoms with E-state index < -0.39 is 0 Å². The van der Waals surface area contributed by atoms with Crippen molar-refractivity contribution in [1.29, 1.82) is 0 Å². The number of hydrogen-bond donors (Lipinski definition) is 1. The van der Waals surface area contributed by atoms with E-state index in [0.717, 1.165) is 17.8 Å². The summed E-state index contributed by atoms with van der Waals surface area (Å²) >= 11 is 0. The zero-order valence-electron chi connectivity index (χ0n) is 9.60. The van der Waals surface area contributed by atoms with Gasteiger partial charge in [-0.3, -0.25) is 0 Å². The van der Waals surface area contributed by atoms with E-state index in [1.807, 2.05) is 0 Å². The van der Waals surface area contributed by atoms with Gasteiger partial charge in [0.25, 0.3) is 0 Å². The minimum Gasteiger partial charge on any atom is -0.316 e. The Morgan fingerprint density at radius 3 is 2.64 bits per heavy atom. The lowest BCUT2D eigenvalue weighted by molar-refractivity contribution is 0.313. The van der Waals surface area contributed by atoms with Gasteiger partial charge in [-0.25, -0.2) is 0 Å². The van der Waals surface area contributed by atoms with Crippen molar-refractivity contribution in [3.8, 4) is 0 Å². The highest BCUT2D eigenvalue weighted by atomic mass is 14.9. The molecule has 0 aromatic carbocycles. The predicted octanol–water partition coefficient (Wildman–Crippen LogP) is 3.20. The van der Waals surface area contributed by atoms with Gasteiger partial charge < -0.3 is 5.32 Å². The second-order valence-electron chi connectivity index (χ2n) is 5.30. The molecule has 2 aliphatic rings. The van der Waals surface area contributed by atoms with Gasteiger partial charge in [0.15, 0.2) is 0 Å². The van der Waals surface area contributed by atoms with Crippen molar-refractivity contribution in [3.05, 3.63) is 0 Å². The number of nitrogens with one attached hydrogen (secondary N) is 1. The Morgan fingerprint density at radius 2 is 1.93 bits per heavy atom. The molecule has 1 N–H and O–H groups in total. The number of rotatable bonds is 2. The molecule has 1 heteroatoms. The van der Waals surface area contributed by atoms with Crippen LogP contribution in [0.5, 0.6) is 0 Å². The van der Waals surface area contributed by atoms with Crippen LogP contribution in [0.3, 0.4) is 0 Å². The molecule has 1 heterocycles. The van der Waals surface area contributed by atoms with Crippen LogP contribution < -0.4 is 5.32 Å². The minimum absolute atomic E-state index is 1.02. The van der Waals surface area contributed by atoms with Gasteiger partial charge in [-0.15, -0.1) is 0 Å². The van der Waals surface area contributed by atoms with Crippen molar-refractivity contribution in [3.63, 3.8) is 0 Å². The largest absolute Gasteiger partial charge is 0.316 e. The van der Waals surface area contributed by atoms with Gasteiger partial charge in [0.05, 0.1) is 0 Å². The van der Waals surface area contributed by atoms with Crippen LogP contribution in [0.1, 0.15) is 51.9 Å². The first-order chi connectivity index (χ1) is 6.90. The minimum atomic E-state index is 1.02. The molecule has 0 aromatic heterocycles. The second kappa shape index (κ2) is 5.16. The highest BCUT2D eigenvalue weighted by Gasteiger charge is 2.26. The molecule has 2 fully saturated rings. The van der Waals surface area contributed by atoms with E-state index in [4.69, 9.17) is 0 Å². The van der Waals surface area contributed by atoms with E-state index in [0.29, 0.717) is 0 Å². The zero-order chi connectivity index (χ0) is 9.80. The highest BCUT2D eigenvalue weighted by Crippen LogP contribution is 2.35. The van der Waals surface area contributed by atoms with Gasteiger partial charge in [-0.2, -0.15) is 0 Å². The normalized spacial score (nSPS) is 39.6. The fourth-order valence-electron chi connectivity index (χ4n) is 3.37. The summed E-state index contributed by atoms with van der Waals surface area (Å²) in [5, 5.41) is 3.52. The van der Waals surface area contributed by atoms with Crippen LogP contribution in [-0.2, 0) is 0 Å². The fraction of sp³-hybridized carbons (Fsp3) is 1.00. The molecule has 1 saturated heterocycles. The van der Waals surface area contributed by atoms with E-state index in [9.17, 15) is 0 Å². The molecule has 0 bridgehead atoms. The smallest absolute Gasteiger partial charge is 0.00174 e. The highest BCUT2D eigenvalue weighted by molar-refractivity contribution is 4.81. The van der Waals surface area contributed by atoms with Crippen molar-refractivity contribution in [1.82, 2.24) is 5.32 Å². The van der Waals surface area contributed by atoms with E-state index in [1.165, 1.54) is 58.0 Å². The van der Waals surface area contributed by atoms with Crippen LogP contribution in [0, 0.1) is 17.8 Å². The third-order valence-electron chi connectivity index (χ3n) is 4.48. The third kappa shape index (κ3) is 2.50. The van der Waals surface area contributed by atoms with Crippen molar-refractivity contribution < 1.29 is 0 Å². The Kier molecular flexibility index (Phi) is 3.86. The lowest BCUT2D eigenvalue weighted by atomic mass is 9.85. The maximum atomic E-state index is 3.52. The van der Waals surface area contributed by atoms with Gasteiger partial charge in [-0.05, 0) is 43.7 Å². The Hall–Kier alpha value is -0.0400. The summed E-state index contributed by atoms with van der Waals surface area (Å²) in [6.45, 7) is 4.95. The Morgan fingerprint density at radius 1 is 1.00 bits per heavy atom. The average Bonchev–Trinajstić information content (AvgIpc) is 2.63. The third-order valence-corrected chi connectivity index (χ3v) is 4.48. The van der Waals surface area contributed by atoms with Gasteiger partial charge in [-0.1, -0.05) is 39.0 Å². The molecule has 3 atom stereocenters. The van der Waals surface area contributed by atoms with E-state index in [2.05, 4.69) is 12.2 Å². The molecule has 1 saturated carbocycles. The van der Waals surface area contributed by atoms with E-state index >= 15 is 0 Å². The van der Waals surface area contributed by atoms with Gasteiger partial charge in [0.1, 0.15) is 0 Å². The molecule has 0 aromatic rings. The first-order valence-corrected chi connectivity index (χ1v) is 6.61. The monoisotopic (exact) mass is 195 g/mol. The van der Waals surface area contributed by atoms with Crippen LogP contribution in [-0.4, -0.2) is 13.1 Å². The molecule has 0 spiro atoms. The predicted molar refractivity (Wildman–Crippen MR) is 61.3 cm³/mol. The maximum Gasteiger partial charge on any atom is -0.00174 e. The van der Waals surface area contributed by atoms with Crippen LogP contribution in [0.25, 0.3) is 0 Å². The standard InChI is InChI=1S/C13H25N/c1-2-11-4-3-5-12(7-6-11)13-8-9-14-10-13/h11-14H,2-10H2,1H3. The van der Waals surface area contributed by atoms with Gasteiger partial charge >= 0.3 is 0 Å². The van der Waals surface area contributed by atoms with E-state index in [-0.39, 0.29) is 0 Å². The van der Waals surface area contributed by atoms with Crippen molar-refractivity contribution in [2.45, 2.75) is 51.9 Å². The average molecular weight is 195 g/mol. The lowest BCUT2D eigenvalue weighted by Gasteiger charge is -2.20. The van der Waals surface area contributed by atoms with E-state index in [1.54, 1.807) is 0 Å². The molecular formula is C13H25N. The number of hydrogen-bond acceptors (Lipinski definition) is 1. The molecule has 14 heavy (non-hydrogen) atoms. The van der Waals surface area contributed by atoms with Crippen molar-refractivity contribution in [2.75, 3.05) is 13.1 Å². The molecule has 0 radical (unpaired) electrons. The lowest BCUT2D eigenvalue weighted by Crippen LogP contribution is -2.17. The molecular weight excluding hydrogens is 170 g/mol. The fourth-order valence-corrected chi connectivity index (χ4v) is 3.37. The second-order valence-corrected chi connectivity index (χ2v) is 5.30. The molecule has 1 nitrogen and oxygen atoms in total. The molecule has 3 unspecified atom stereocenters. The van der Waals surface area contributed by atoms with Crippen LogP contribution >= 0.6 is 0 Å². The summed E-state index contributed by atoms with van der Waals surface area (Å²) in [5.74, 6) is 3.13. The van der Waals surface area contributed by atoms with Crippen molar-refractivity contribution >= 4 is 0 Å². The molecule has 2 rings (SSSR count). The van der Waals surface area contributed by atoms with Gasteiger partial charge in [0.2, 0.25) is 0 Å². The quantitative estimate of drug-likeness (QED) is 0.667. The first-order valence-electron chi connectivity index (χ1n) is 6.61. The zero-order valence-corrected chi connectivity index (χ0v) is 9.60. The summed E-state index contributed by atoms with van der Waals surface area (Å²) in [7, 11) is 0. The Bertz CT molecular complexity index is 161. The Balaban J connectivity index is 1.82. The van der Waals surface area contributed by atoms with Crippen molar-refractivity contribution in [2.24, 2.45) is 17.8 Å². The molecule has 0 amide bonds. The Labute approximate surface area is 88.7 Å². The van der Waals surface area contributed by atoms with Crippen LogP contribution in [0.4, 0.5) is 0 Å². The molecule has 82 valence electrons. The molecule has 1 aliphatic carbocycles. The first kappa shape index (κ1) is 10.5.